The number of benzene rings is 2. The molecule has 0 heterocycles. The number of nitrogens with zero attached hydrogens (tertiary/aromatic N) is 1. The van der Waals surface area contributed by atoms with Crippen molar-refractivity contribution in [3.05, 3.63) is 71.8 Å². The third-order valence-corrected chi connectivity index (χ3v) is 3.14. The van der Waals surface area contributed by atoms with E-state index in [0.717, 1.165) is 16.2 Å². The topological polar surface area (TPSA) is 46.6 Å². The quantitative estimate of drug-likeness (QED) is 0.770. The van der Waals surface area contributed by atoms with Crippen molar-refractivity contribution < 1.29 is 14.3 Å². The lowest BCUT2D eigenvalue weighted by molar-refractivity contribution is -0.115. The summed E-state index contributed by atoms with van der Waals surface area (Å²) >= 11 is 0. The first-order valence-electron chi connectivity index (χ1n) is 6.86. The van der Waals surface area contributed by atoms with Gasteiger partial charge < -0.3 is 4.74 Å². The third kappa shape index (κ3) is 4.06. The molecule has 0 aliphatic rings. The zero-order valence-corrected chi connectivity index (χ0v) is 12.3. The number of carbonyl (C=O) groups excluding carboxylic acids is 2. The predicted octanol–water partition coefficient (Wildman–Crippen LogP) is 3.01. The number of hydrogen-bond acceptors (Lipinski definition) is 3. The molecule has 2 aromatic carbocycles. The molecule has 22 heavy (non-hydrogen) atoms. The highest BCUT2D eigenvalue weighted by Crippen LogP contribution is 2.12. The molecule has 2 amide bonds. The molecule has 0 aliphatic carbocycles. The molecule has 0 saturated heterocycles. The molecule has 2 rings (SSSR count). The average molecular weight is 295 g/mol. The molecule has 0 aliphatic heterocycles. The molecule has 0 fully saturated rings. The van der Waals surface area contributed by atoms with E-state index in [9.17, 15) is 9.59 Å². The Kier molecular flexibility index (Phi) is 5.49. The van der Waals surface area contributed by atoms with E-state index in [1.54, 1.807) is 37.5 Å². The van der Waals surface area contributed by atoms with E-state index in [4.69, 9.17) is 4.74 Å². The highest BCUT2D eigenvalue weighted by atomic mass is 16.5. The maximum absolute atomic E-state index is 12.1. The summed E-state index contributed by atoms with van der Waals surface area (Å²) in [7, 11) is 1.61. The molecule has 0 radical (unpaired) electrons. The molecule has 0 bridgehead atoms. The SMILES string of the molecule is COc1ccc(/C=C/CN(C=O)C(=O)c2ccccc2)cc1. The number of hydrogen-bond donors (Lipinski definition) is 0. The number of rotatable bonds is 6. The van der Waals surface area contributed by atoms with Crippen LogP contribution in [0, 0.1) is 0 Å². The monoisotopic (exact) mass is 295 g/mol. The van der Waals surface area contributed by atoms with Crippen molar-refractivity contribution in [2.75, 3.05) is 13.7 Å². The largest absolute Gasteiger partial charge is 0.497 e. The van der Waals surface area contributed by atoms with Crippen molar-refractivity contribution in [2.45, 2.75) is 0 Å². The average Bonchev–Trinajstić information content (AvgIpc) is 2.59. The van der Waals surface area contributed by atoms with E-state index >= 15 is 0 Å². The van der Waals surface area contributed by atoms with Crippen molar-refractivity contribution in [3.63, 3.8) is 0 Å². The second-order valence-corrected chi connectivity index (χ2v) is 4.60. The van der Waals surface area contributed by atoms with Gasteiger partial charge in [0.2, 0.25) is 6.41 Å². The van der Waals surface area contributed by atoms with Gasteiger partial charge in [-0.15, -0.1) is 0 Å². The normalized spacial score (nSPS) is 10.4. The first-order chi connectivity index (χ1) is 10.7. The minimum absolute atomic E-state index is 0.225. The van der Waals surface area contributed by atoms with Crippen LogP contribution in [0.2, 0.25) is 0 Å². The van der Waals surface area contributed by atoms with Crippen LogP contribution in [-0.4, -0.2) is 30.9 Å². The summed E-state index contributed by atoms with van der Waals surface area (Å²) in [6.45, 7) is 0.225. The molecule has 4 heteroatoms. The van der Waals surface area contributed by atoms with Crippen LogP contribution in [0.3, 0.4) is 0 Å². The van der Waals surface area contributed by atoms with Gasteiger partial charge in [-0.25, -0.2) is 0 Å². The maximum atomic E-state index is 12.1. The van der Waals surface area contributed by atoms with Gasteiger partial charge in [0.05, 0.1) is 7.11 Å². The fourth-order valence-electron chi connectivity index (χ4n) is 1.94. The minimum Gasteiger partial charge on any atom is -0.497 e. The summed E-state index contributed by atoms with van der Waals surface area (Å²) in [5.41, 5.74) is 1.46. The van der Waals surface area contributed by atoms with Crippen LogP contribution in [0.5, 0.6) is 5.75 Å². The van der Waals surface area contributed by atoms with Crippen molar-refractivity contribution in [2.24, 2.45) is 0 Å². The third-order valence-electron chi connectivity index (χ3n) is 3.14. The molecule has 0 spiro atoms. The van der Waals surface area contributed by atoms with Crippen molar-refractivity contribution in [1.82, 2.24) is 4.90 Å². The van der Waals surface area contributed by atoms with Crippen LogP contribution in [0.25, 0.3) is 6.08 Å². The maximum Gasteiger partial charge on any atom is 0.260 e. The molecule has 0 atom stereocenters. The Labute approximate surface area is 129 Å². The van der Waals surface area contributed by atoms with Crippen LogP contribution >= 0.6 is 0 Å². The van der Waals surface area contributed by atoms with Gasteiger partial charge in [-0.3, -0.25) is 14.5 Å². The number of carbonyl (C=O) groups is 2. The Morgan fingerprint density at radius 2 is 1.77 bits per heavy atom. The molecule has 2 aromatic rings. The Hall–Kier alpha value is -2.88. The lowest BCUT2D eigenvalue weighted by Crippen LogP contribution is -2.29. The Morgan fingerprint density at radius 3 is 2.36 bits per heavy atom. The van der Waals surface area contributed by atoms with Crippen molar-refractivity contribution >= 4 is 18.4 Å². The fraction of sp³-hybridized carbons (Fsp3) is 0.111. The Balaban J connectivity index is 1.99. The Bertz CT molecular complexity index is 648. The molecule has 0 N–H and O–H groups in total. The van der Waals surface area contributed by atoms with E-state index < -0.39 is 0 Å². The molecule has 0 unspecified atom stereocenters. The van der Waals surface area contributed by atoms with E-state index in [2.05, 4.69) is 0 Å². The first kappa shape index (κ1) is 15.5. The first-order valence-corrected chi connectivity index (χ1v) is 6.86. The van der Waals surface area contributed by atoms with Crippen LogP contribution in [0.1, 0.15) is 15.9 Å². The van der Waals surface area contributed by atoms with Crippen LogP contribution in [-0.2, 0) is 4.79 Å². The number of ether oxygens (including phenoxy) is 1. The van der Waals surface area contributed by atoms with Gasteiger partial charge in [-0.2, -0.15) is 0 Å². The van der Waals surface area contributed by atoms with Crippen LogP contribution in [0.15, 0.2) is 60.7 Å². The smallest absolute Gasteiger partial charge is 0.260 e. The second kappa shape index (κ2) is 7.78. The molecular formula is C18H17NO3. The van der Waals surface area contributed by atoms with Gasteiger partial charge in [0.15, 0.2) is 0 Å². The van der Waals surface area contributed by atoms with Gasteiger partial charge >= 0.3 is 0 Å². The minimum atomic E-state index is -0.310. The van der Waals surface area contributed by atoms with Gasteiger partial charge in [0, 0.05) is 12.1 Å². The zero-order valence-electron chi connectivity index (χ0n) is 12.3. The summed E-state index contributed by atoms with van der Waals surface area (Å²) in [5, 5.41) is 0. The van der Waals surface area contributed by atoms with Gasteiger partial charge in [0.25, 0.3) is 5.91 Å². The number of amides is 2. The van der Waals surface area contributed by atoms with E-state index in [1.165, 1.54) is 0 Å². The standard InChI is InChI=1S/C18H17NO3/c1-22-17-11-9-15(10-12-17)6-5-13-19(14-20)18(21)16-7-3-2-4-8-16/h2-12,14H,13H2,1H3/b6-5+. The fourth-order valence-corrected chi connectivity index (χ4v) is 1.94. The van der Waals surface area contributed by atoms with E-state index in [-0.39, 0.29) is 12.5 Å². The summed E-state index contributed by atoms with van der Waals surface area (Å²) in [5.74, 6) is 0.473. The predicted molar refractivity (Wildman–Crippen MR) is 85.6 cm³/mol. The molecule has 0 saturated carbocycles. The summed E-state index contributed by atoms with van der Waals surface area (Å²) in [4.78, 5) is 24.4. The molecular weight excluding hydrogens is 278 g/mol. The lowest BCUT2D eigenvalue weighted by Gasteiger charge is -2.13. The van der Waals surface area contributed by atoms with E-state index in [0.29, 0.717) is 12.0 Å². The summed E-state index contributed by atoms with van der Waals surface area (Å²) in [6, 6.07) is 16.2. The van der Waals surface area contributed by atoms with Gasteiger partial charge in [0.1, 0.15) is 5.75 Å². The summed E-state index contributed by atoms with van der Waals surface area (Å²) in [6.07, 6.45) is 4.18. The van der Waals surface area contributed by atoms with Crippen LogP contribution < -0.4 is 4.74 Å². The van der Waals surface area contributed by atoms with Crippen LogP contribution in [0.4, 0.5) is 0 Å². The van der Waals surface area contributed by atoms with E-state index in [1.807, 2.05) is 36.4 Å². The molecule has 4 nitrogen and oxygen atoms in total. The number of methoxy groups -OCH3 is 1. The Morgan fingerprint density at radius 1 is 1.09 bits per heavy atom. The second-order valence-electron chi connectivity index (χ2n) is 4.60. The highest BCUT2D eigenvalue weighted by Gasteiger charge is 2.12. The van der Waals surface area contributed by atoms with Gasteiger partial charge in [-0.1, -0.05) is 42.5 Å². The highest BCUT2D eigenvalue weighted by molar-refractivity contribution is 5.99. The summed E-state index contributed by atoms with van der Waals surface area (Å²) < 4.78 is 5.09. The molecule has 0 aromatic heterocycles. The van der Waals surface area contributed by atoms with Crippen molar-refractivity contribution in [3.8, 4) is 5.75 Å². The lowest BCUT2D eigenvalue weighted by atomic mass is 10.2. The number of imide groups is 1. The molecule has 112 valence electrons. The zero-order chi connectivity index (χ0) is 15.8. The van der Waals surface area contributed by atoms with Crippen molar-refractivity contribution in [1.29, 1.82) is 0 Å². The van der Waals surface area contributed by atoms with Gasteiger partial charge in [-0.05, 0) is 29.8 Å².